The molecule has 0 spiro atoms. The Morgan fingerprint density at radius 1 is 1.24 bits per heavy atom. The molecule has 0 bridgehead atoms. The summed E-state index contributed by atoms with van der Waals surface area (Å²) >= 11 is 0. The lowest BCUT2D eigenvalue weighted by molar-refractivity contribution is -0.229. The quantitative estimate of drug-likeness (QED) is 0.613. The van der Waals surface area contributed by atoms with Crippen LogP contribution in [-0.4, -0.2) is 50.6 Å². The highest BCUT2D eigenvalue weighted by atomic mass is 19.2. The summed E-state index contributed by atoms with van der Waals surface area (Å²) in [6.45, 7) is 4.32. The van der Waals surface area contributed by atoms with Gasteiger partial charge in [0, 0.05) is 22.3 Å². The van der Waals surface area contributed by atoms with Crippen LogP contribution in [0.25, 0.3) is 0 Å². The number of carbonyl (C=O) groups excluding carboxylic acids is 1. The van der Waals surface area contributed by atoms with Gasteiger partial charge in [0.1, 0.15) is 6.17 Å². The molecule has 0 radical (unpaired) electrons. The van der Waals surface area contributed by atoms with Crippen molar-refractivity contribution in [2.45, 2.75) is 63.6 Å². The van der Waals surface area contributed by atoms with Crippen molar-refractivity contribution in [1.82, 2.24) is 0 Å². The molecule has 8 heteroatoms. The van der Waals surface area contributed by atoms with Crippen LogP contribution in [0.3, 0.4) is 0 Å². The van der Waals surface area contributed by atoms with Crippen molar-refractivity contribution >= 4 is 11.8 Å². The number of halogens is 3. The van der Waals surface area contributed by atoms with Gasteiger partial charge in [-0.25, -0.2) is 18.0 Å². The first-order valence-corrected chi connectivity index (χ1v) is 9.87. The topological polar surface area (TPSA) is 94.8 Å². The van der Waals surface area contributed by atoms with E-state index in [0.29, 0.717) is 0 Å². The van der Waals surface area contributed by atoms with Crippen LogP contribution < -0.4 is 0 Å². The zero-order chi connectivity index (χ0) is 21.7. The highest BCUT2D eigenvalue weighted by molar-refractivity contribution is 6.04. The molecular formula is C21H25F3O5. The Bertz CT molecular complexity index is 870. The number of aliphatic carboxylic acids is 1. The largest absolute Gasteiger partial charge is 0.479 e. The van der Waals surface area contributed by atoms with Gasteiger partial charge in [0.15, 0.2) is 17.1 Å². The minimum atomic E-state index is -2.51. The summed E-state index contributed by atoms with van der Waals surface area (Å²) < 4.78 is 46.5. The van der Waals surface area contributed by atoms with Gasteiger partial charge in [-0.05, 0) is 44.1 Å². The maximum atomic E-state index is 16.8. The Kier molecular flexibility index (Phi) is 4.06. The molecule has 160 valence electrons. The van der Waals surface area contributed by atoms with Crippen molar-refractivity contribution in [1.29, 1.82) is 0 Å². The van der Waals surface area contributed by atoms with E-state index in [4.69, 9.17) is 0 Å². The van der Waals surface area contributed by atoms with Crippen molar-refractivity contribution in [2.75, 3.05) is 0 Å². The summed E-state index contributed by atoms with van der Waals surface area (Å²) in [6, 6.07) is 0. The van der Waals surface area contributed by atoms with E-state index in [1.54, 1.807) is 6.92 Å². The third-order valence-corrected chi connectivity index (χ3v) is 8.61. The number of carbonyl (C=O) groups is 2. The number of alkyl halides is 2. The molecule has 3 saturated carbocycles. The Balaban J connectivity index is 1.91. The van der Waals surface area contributed by atoms with Crippen LogP contribution in [0.15, 0.2) is 23.6 Å². The van der Waals surface area contributed by atoms with Gasteiger partial charge in [0.25, 0.3) is 0 Å². The van der Waals surface area contributed by atoms with E-state index in [2.05, 4.69) is 0 Å². The number of ketones is 1. The lowest BCUT2D eigenvalue weighted by Gasteiger charge is -2.62. The maximum Gasteiger partial charge on any atom is 0.336 e. The second-order valence-corrected chi connectivity index (χ2v) is 9.66. The Morgan fingerprint density at radius 2 is 1.86 bits per heavy atom. The van der Waals surface area contributed by atoms with E-state index in [0.717, 1.165) is 12.2 Å². The van der Waals surface area contributed by atoms with Crippen LogP contribution in [0, 0.1) is 28.6 Å². The van der Waals surface area contributed by atoms with E-state index in [1.807, 2.05) is 0 Å². The molecule has 5 nitrogen and oxygen atoms in total. The van der Waals surface area contributed by atoms with E-state index in [9.17, 15) is 29.3 Å². The lowest BCUT2D eigenvalue weighted by Crippen LogP contribution is -2.70. The highest BCUT2D eigenvalue weighted by Gasteiger charge is 2.77. The molecule has 3 N–H and O–H groups in total. The molecule has 4 aliphatic carbocycles. The number of carboxylic acids is 1. The predicted octanol–water partition coefficient (Wildman–Crippen LogP) is 2.66. The van der Waals surface area contributed by atoms with Crippen LogP contribution in [0.5, 0.6) is 0 Å². The van der Waals surface area contributed by atoms with Crippen molar-refractivity contribution in [3.63, 3.8) is 0 Å². The molecule has 3 fully saturated rings. The van der Waals surface area contributed by atoms with Crippen LogP contribution >= 0.6 is 0 Å². The van der Waals surface area contributed by atoms with E-state index in [-0.39, 0.29) is 12.8 Å². The van der Waals surface area contributed by atoms with Crippen LogP contribution in [0.1, 0.15) is 40.0 Å². The Hall–Kier alpha value is -1.67. The summed E-state index contributed by atoms with van der Waals surface area (Å²) in [5, 5.41) is 31.8. The summed E-state index contributed by atoms with van der Waals surface area (Å²) in [5.74, 6) is -6.46. The van der Waals surface area contributed by atoms with Crippen LogP contribution in [0.2, 0.25) is 0 Å². The average Bonchev–Trinajstić information content (AvgIpc) is 2.83. The molecule has 29 heavy (non-hydrogen) atoms. The van der Waals surface area contributed by atoms with Gasteiger partial charge in [-0.2, -0.15) is 0 Å². The van der Waals surface area contributed by atoms with Gasteiger partial charge in [0.05, 0.1) is 6.10 Å². The fourth-order valence-electron chi connectivity index (χ4n) is 7.09. The van der Waals surface area contributed by atoms with Crippen molar-refractivity contribution < 1.29 is 38.1 Å². The number of fused-ring (bicyclic) bond motifs is 5. The molecule has 0 aromatic carbocycles. The first kappa shape index (κ1) is 20.6. The highest BCUT2D eigenvalue weighted by Crippen LogP contribution is 2.71. The number of rotatable bonds is 1. The summed E-state index contributed by atoms with van der Waals surface area (Å²) in [7, 11) is 0. The van der Waals surface area contributed by atoms with Crippen LogP contribution in [-0.2, 0) is 9.59 Å². The van der Waals surface area contributed by atoms with Crippen molar-refractivity contribution in [3.05, 3.63) is 23.6 Å². The van der Waals surface area contributed by atoms with Gasteiger partial charge in [-0.15, -0.1) is 0 Å². The number of hydrogen-bond acceptors (Lipinski definition) is 4. The van der Waals surface area contributed by atoms with E-state index < -0.39 is 81.7 Å². The molecule has 0 aliphatic heterocycles. The maximum absolute atomic E-state index is 16.8. The summed E-state index contributed by atoms with van der Waals surface area (Å²) in [6.07, 6.45) is -2.47. The normalized spacial score (nSPS) is 54.1. The zero-order valence-electron chi connectivity index (χ0n) is 16.5. The second-order valence-electron chi connectivity index (χ2n) is 9.66. The monoisotopic (exact) mass is 414 g/mol. The zero-order valence-corrected chi connectivity index (χ0v) is 16.5. The molecule has 0 aromatic heterocycles. The third kappa shape index (κ3) is 2.04. The number of aliphatic hydroxyl groups is 2. The number of hydrogen-bond donors (Lipinski definition) is 3. The van der Waals surface area contributed by atoms with Gasteiger partial charge < -0.3 is 15.3 Å². The van der Waals surface area contributed by atoms with E-state index in [1.165, 1.54) is 13.8 Å². The smallest absolute Gasteiger partial charge is 0.336 e. The van der Waals surface area contributed by atoms with Crippen LogP contribution in [0.4, 0.5) is 13.2 Å². The molecule has 9 atom stereocenters. The molecule has 0 aromatic rings. The number of allylic oxidation sites excluding steroid dienone is 4. The molecule has 0 amide bonds. The summed E-state index contributed by atoms with van der Waals surface area (Å²) in [5.41, 5.74) is -8.58. The number of carboxylic acid groups (broad SMARTS) is 1. The molecular weight excluding hydrogens is 389 g/mol. The lowest BCUT2D eigenvalue weighted by atomic mass is 9.44. The standard InChI is InChI=1S/C21H25F3O5/c1-9-6-10-11-7-12(22)15-16(23)13(25)4-5-18(15,2)20(11,24)14(26)8-19(10,3)21(9,29)17(27)28/h4-5,9-12,14,26,29H,6-8H2,1-3H3,(H,27,28)/t9-,10-,11-,12-,14-,18-,19-,20-,21-/m0/s1. The summed E-state index contributed by atoms with van der Waals surface area (Å²) in [4.78, 5) is 23.7. The van der Waals surface area contributed by atoms with Gasteiger partial charge >= 0.3 is 5.97 Å². The second kappa shape index (κ2) is 5.72. The van der Waals surface area contributed by atoms with E-state index >= 15 is 8.78 Å². The molecule has 0 saturated heterocycles. The predicted molar refractivity (Wildman–Crippen MR) is 95.8 cm³/mol. The molecule has 0 unspecified atom stereocenters. The van der Waals surface area contributed by atoms with Gasteiger partial charge in [-0.3, -0.25) is 4.79 Å². The van der Waals surface area contributed by atoms with Crippen molar-refractivity contribution in [3.8, 4) is 0 Å². The third-order valence-electron chi connectivity index (χ3n) is 8.61. The van der Waals surface area contributed by atoms with Gasteiger partial charge in [-0.1, -0.05) is 19.9 Å². The first-order chi connectivity index (χ1) is 13.3. The molecule has 4 aliphatic rings. The Labute approximate surface area is 166 Å². The van der Waals surface area contributed by atoms with Gasteiger partial charge in [0.2, 0.25) is 5.78 Å². The van der Waals surface area contributed by atoms with Crippen molar-refractivity contribution in [2.24, 2.45) is 28.6 Å². The fraction of sp³-hybridized carbons (Fsp3) is 0.714. The minimum absolute atomic E-state index is 0.134. The average molecular weight is 414 g/mol. The Morgan fingerprint density at radius 3 is 2.45 bits per heavy atom. The molecule has 4 rings (SSSR count). The first-order valence-electron chi connectivity index (χ1n) is 9.87. The SMILES string of the molecule is C[C@H]1C[C@H]2[C@@H]3C[C@H](F)C4=C(F)C(=O)C=C[C@]4(C)[C@@]3(F)[C@@H](O)C[C@]2(C)[C@@]1(O)C(=O)O. The molecule has 0 heterocycles. The minimum Gasteiger partial charge on any atom is -0.479 e. The number of aliphatic hydroxyl groups excluding tert-OH is 1. The fourth-order valence-corrected chi connectivity index (χ4v) is 7.09.